The predicted octanol–water partition coefficient (Wildman–Crippen LogP) is 3.88. The number of rotatable bonds is 4. The van der Waals surface area contributed by atoms with Crippen molar-refractivity contribution in [2.45, 2.75) is 25.8 Å². The molecule has 3 rings (SSSR count). The van der Waals surface area contributed by atoms with Gasteiger partial charge in [0.1, 0.15) is 5.75 Å². The van der Waals surface area contributed by atoms with Crippen LogP contribution in [0.15, 0.2) is 36.4 Å². The largest absolute Gasteiger partial charge is 0.493 e. The van der Waals surface area contributed by atoms with Crippen molar-refractivity contribution in [3.63, 3.8) is 0 Å². The van der Waals surface area contributed by atoms with E-state index in [0.29, 0.717) is 12.0 Å². The van der Waals surface area contributed by atoms with Crippen LogP contribution in [-0.2, 0) is 0 Å². The highest BCUT2D eigenvalue weighted by Crippen LogP contribution is 2.33. The SMILES string of the molecule is Cc1ccc(C(C)NCC2COc3ccccc32)s1. The van der Waals surface area contributed by atoms with Crippen molar-refractivity contribution in [3.05, 3.63) is 51.7 Å². The smallest absolute Gasteiger partial charge is 0.122 e. The summed E-state index contributed by atoms with van der Waals surface area (Å²) in [6.07, 6.45) is 0. The van der Waals surface area contributed by atoms with Crippen LogP contribution in [0.1, 0.15) is 34.2 Å². The van der Waals surface area contributed by atoms with Crippen molar-refractivity contribution >= 4 is 11.3 Å². The first kappa shape index (κ1) is 12.7. The van der Waals surface area contributed by atoms with Crippen molar-refractivity contribution in [2.24, 2.45) is 0 Å². The molecule has 19 heavy (non-hydrogen) atoms. The van der Waals surface area contributed by atoms with Gasteiger partial charge in [0, 0.05) is 33.8 Å². The maximum atomic E-state index is 5.72. The number of para-hydroxylation sites is 1. The number of nitrogens with one attached hydrogen (secondary N) is 1. The molecule has 2 atom stereocenters. The lowest BCUT2D eigenvalue weighted by Crippen LogP contribution is -2.25. The molecular formula is C16H19NOS. The molecule has 1 aliphatic heterocycles. The molecule has 100 valence electrons. The summed E-state index contributed by atoms with van der Waals surface area (Å²) < 4.78 is 5.72. The van der Waals surface area contributed by atoms with Crippen LogP contribution in [-0.4, -0.2) is 13.2 Å². The molecule has 1 aromatic carbocycles. The van der Waals surface area contributed by atoms with Crippen LogP contribution in [0.4, 0.5) is 0 Å². The molecule has 3 heteroatoms. The standard InChI is InChI=1S/C16H19NOS/c1-11-7-8-16(19-11)12(2)17-9-13-10-18-15-6-4-3-5-14(13)15/h3-8,12-13,17H,9-10H2,1-2H3. The fourth-order valence-electron chi connectivity index (χ4n) is 2.50. The molecule has 0 bridgehead atoms. The number of hydrogen-bond donors (Lipinski definition) is 1. The Morgan fingerprint density at radius 3 is 2.95 bits per heavy atom. The molecule has 1 N–H and O–H groups in total. The van der Waals surface area contributed by atoms with E-state index in [4.69, 9.17) is 4.74 Å². The molecular weight excluding hydrogens is 254 g/mol. The number of aryl methyl sites for hydroxylation is 1. The van der Waals surface area contributed by atoms with Crippen LogP contribution in [0, 0.1) is 6.92 Å². The first-order valence-electron chi connectivity index (χ1n) is 6.75. The molecule has 2 unspecified atom stereocenters. The average Bonchev–Trinajstić information content (AvgIpc) is 3.02. The van der Waals surface area contributed by atoms with Crippen LogP contribution in [0.25, 0.3) is 0 Å². The molecule has 0 radical (unpaired) electrons. The van der Waals surface area contributed by atoms with Crippen LogP contribution < -0.4 is 10.1 Å². The van der Waals surface area contributed by atoms with E-state index in [-0.39, 0.29) is 0 Å². The van der Waals surface area contributed by atoms with E-state index in [1.807, 2.05) is 17.4 Å². The Labute approximate surface area is 118 Å². The molecule has 0 saturated carbocycles. The molecule has 2 nitrogen and oxygen atoms in total. The second kappa shape index (κ2) is 5.35. The highest BCUT2D eigenvalue weighted by molar-refractivity contribution is 7.12. The molecule has 1 aromatic heterocycles. The van der Waals surface area contributed by atoms with Crippen molar-refractivity contribution in [2.75, 3.05) is 13.2 Å². The monoisotopic (exact) mass is 273 g/mol. The van der Waals surface area contributed by atoms with E-state index in [2.05, 4.69) is 49.5 Å². The van der Waals surface area contributed by atoms with E-state index in [0.717, 1.165) is 18.9 Å². The van der Waals surface area contributed by atoms with E-state index < -0.39 is 0 Å². The van der Waals surface area contributed by atoms with Gasteiger partial charge in [-0.05, 0) is 32.0 Å². The number of benzene rings is 1. The van der Waals surface area contributed by atoms with Gasteiger partial charge < -0.3 is 10.1 Å². The van der Waals surface area contributed by atoms with E-state index >= 15 is 0 Å². The summed E-state index contributed by atoms with van der Waals surface area (Å²) >= 11 is 1.87. The second-order valence-corrected chi connectivity index (χ2v) is 6.44. The number of thiophene rings is 1. The molecule has 2 heterocycles. The Bertz CT molecular complexity index is 563. The van der Waals surface area contributed by atoms with Crippen LogP contribution in [0.2, 0.25) is 0 Å². The summed E-state index contributed by atoms with van der Waals surface area (Å²) in [5.74, 6) is 1.52. The summed E-state index contributed by atoms with van der Waals surface area (Å²) in [5, 5.41) is 3.63. The minimum absolute atomic E-state index is 0.409. The Morgan fingerprint density at radius 1 is 1.32 bits per heavy atom. The molecule has 0 fully saturated rings. The van der Waals surface area contributed by atoms with Crippen molar-refractivity contribution in [3.8, 4) is 5.75 Å². The molecule has 0 aliphatic carbocycles. The summed E-state index contributed by atoms with van der Waals surface area (Å²) in [4.78, 5) is 2.78. The third kappa shape index (κ3) is 2.67. The fourth-order valence-corrected chi connectivity index (χ4v) is 3.41. The Kier molecular flexibility index (Phi) is 3.58. The molecule has 2 aromatic rings. The van der Waals surface area contributed by atoms with Gasteiger partial charge in [-0.2, -0.15) is 0 Å². The van der Waals surface area contributed by atoms with Gasteiger partial charge in [0.25, 0.3) is 0 Å². The highest BCUT2D eigenvalue weighted by Gasteiger charge is 2.23. The topological polar surface area (TPSA) is 21.3 Å². The first-order valence-corrected chi connectivity index (χ1v) is 7.57. The first-order chi connectivity index (χ1) is 9.24. The normalized spacial score (nSPS) is 18.9. The maximum absolute atomic E-state index is 5.72. The van der Waals surface area contributed by atoms with Gasteiger partial charge in [-0.1, -0.05) is 18.2 Å². The van der Waals surface area contributed by atoms with Crippen molar-refractivity contribution < 1.29 is 4.74 Å². The zero-order chi connectivity index (χ0) is 13.2. The van der Waals surface area contributed by atoms with Gasteiger partial charge >= 0.3 is 0 Å². The van der Waals surface area contributed by atoms with Crippen molar-refractivity contribution in [1.82, 2.24) is 5.32 Å². The zero-order valence-corrected chi connectivity index (χ0v) is 12.2. The minimum atomic E-state index is 0.409. The van der Waals surface area contributed by atoms with Gasteiger partial charge in [-0.25, -0.2) is 0 Å². The third-order valence-corrected chi connectivity index (χ3v) is 4.84. The van der Waals surface area contributed by atoms with E-state index in [1.54, 1.807) is 0 Å². The molecule has 1 aliphatic rings. The number of hydrogen-bond acceptors (Lipinski definition) is 3. The lowest BCUT2D eigenvalue weighted by molar-refractivity contribution is 0.323. The van der Waals surface area contributed by atoms with Crippen LogP contribution in [0.5, 0.6) is 5.75 Å². The van der Waals surface area contributed by atoms with E-state index in [9.17, 15) is 0 Å². The average molecular weight is 273 g/mol. The van der Waals surface area contributed by atoms with E-state index in [1.165, 1.54) is 15.3 Å². The van der Waals surface area contributed by atoms with Gasteiger partial charge in [0.2, 0.25) is 0 Å². The lowest BCUT2D eigenvalue weighted by atomic mass is 10.0. The predicted molar refractivity (Wildman–Crippen MR) is 80.2 cm³/mol. The summed E-state index contributed by atoms with van der Waals surface area (Å²) in [5.41, 5.74) is 1.34. The fraction of sp³-hybridized carbons (Fsp3) is 0.375. The number of fused-ring (bicyclic) bond motifs is 1. The quantitative estimate of drug-likeness (QED) is 0.912. The number of ether oxygens (including phenoxy) is 1. The minimum Gasteiger partial charge on any atom is -0.493 e. The Morgan fingerprint density at radius 2 is 2.16 bits per heavy atom. The van der Waals surface area contributed by atoms with Gasteiger partial charge in [0.15, 0.2) is 0 Å². The molecule has 0 amide bonds. The third-order valence-electron chi connectivity index (χ3n) is 3.66. The lowest BCUT2D eigenvalue weighted by Gasteiger charge is -2.15. The Hall–Kier alpha value is -1.32. The van der Waals surface area contributed by atoms with Crippen molar-refractivity contribution in [1.29, 1.82) is 0 Å². The van der Waals surface area contributed by atoms with Gasteiger partial charge in [-0.15, -0.1) is 11.3 Å². The van der Waals surface area contributed by atoms with Crippen LogP contribution >= 0.6 is 11.3 Å². The second-order valence-electron chi connectivity index (χ2n) is 5.12. The summed E-state index contributed by atoms with van der Waals surface area (Å²) in [6.45, 7) is 6.15. The summed E-state index contributed by atoms with van der Waals surface area (Å²) in [6, 6.07) is 13.2. The van der Waals surface area contributed by atoms with Gasteiger partial charge in [0.05, 0.1) is 6.61 Å². The summed E-state index contributed by atoms with van der Waals surface area (Å²) in [7, 11) is 0. The molecule has 0 saturated heterocycles. The highest BCUT2D eigenvalue weighted by atomic mass is 32.1. The van der Waals surface area contributed by atoms with Gasteiger partial charge in [-0.3, -0.25) is 0 Å². The molecule has 0 spiro atoms. The van der Waals surface area contributed by atoms with Crippen LogP contribution in [0.3, 0.4) is 0 Å². The zero-order valence-electron chi connectivity index (χ0n) is 11.3. The maximum Gasteiger partial charge on any atom is 0.122 e. The Balaban J connectivity index is 1.62.